The number of nitrogens with two attached hydrogens (primary N) is 1. The maximum Gasteiger partial charge on any atom is 0.337 e. The smallest absolute Gasteiger partial charge is 0.337 e. The van der Waals surface area contributed by atoms with Gasteiger partial charge >= 0.3 is 5.97 Å². The highest BCUT2D eigenvalue weighted by Crippen LogP contribution is 2.24. The van der Waals surface area contributed by atoms with Gasteiger partial charge in [-0.3, -0.25) is 9.59 Å². The van der Waals surface area contributed by atoms with Crippen LogP contribution in [-0.4, -0.2) is 53.8 Å². The van der Waals surface area contributed by atoms with Crippen molar-refractivity contribution in [3.8, 4) is 0 Å². The van der Waals surface area contributed by atoms with Gasteiger partial charge in [0.25, 0.3) is 0 Å². The molecule has 0 aliphatic carbocycles. The summed E-state index contributed by atoms with van der Waals surface area (Å²) >= 11 is 0. The molecular formula is C21H27N3O4. The predicted molar refractivity (Wildman–Crippen MR) is 106 cm³/mol. The lowest BCUT2D eigenvalue weighted by Crippen LogP contribution is -2.41. The number of aromatic carboxylic acids is 1. The van der Waals surface area contributed by atoms with Gasteiger partial charge in [-0.2, -0.15) is 0 Å². The average Bonchev–Trinajstić information content (AvgIpc) is 2.72. The minimum Gasteiger partial charge on any atom is -0.478 e. The number of piperidine rings is 2. The summed E-state index contributed by atoms with van der Waals surface area (Å²) in [7, 11) is 0. The highest BCUT2D eigenvalue weighted by molar-refractivity contribution is 6.02. The van der Waals surface area contributed by atoms with Crippen LogP contribution in [0.3, 0.4) is 0 Å². The van der Waals surface area contributed by atoms with Gasteiger partial charge < -0.3 is 21.1 Å². The number of ketones is 1. The largest absolute Gasteiger partial charge is 0.478 e. The quantitative estimate of drug-likeness (QED) is 0.406. The minimum absolute atomic E-state index is 0.0138. The predicted octanol–water partition coefficient (Wildman–Crippen LogP) is 1.94. The van der Waals surface area contributed by atoms with E-state index in [9.17, 15) is 14.4 Å². The van der Waals surface area contributed by atoms with Crippen LogP contribution in [-0.2, 0) is 4.79 Å². The number of rotatable bonds is 5. The standard InChI is InChI=1S/C21H27N3O4/c22-18-12-15(4-5-17(18)21(27)28)20(26)16-2-1-11-24(13-16)19(25)6-3-14-7-9-23-10-8-14/h3-6,12,14,16,23H,1-2,7-11,13,22H2,(H,27,28)/b6-3+/t16-/m1/s1. The Morgan fingerprint density at radius 1 is 1.18 bits per heavy atom. The van der Waals surface area contributed by atoms with Crippen molar-refractivity contribution in [3.63, 3.8) is 0 Å². The molecule has 1 amide bonds. The lowest BCUT2D eigenvalue weighted by Gasteiger charge is -2.31. The van der Waals surface area contributed by atoms with Crippen LogP contribution in [0.1, 0.15) is 46.4 Å². The molecule has 28 heavy (non-hydrogen) atoms. The third-order valence-corrected chi connectivity index (χ3v) is 5.57. The minimum atomic E-state index is -1.12. The van der Waals surface area contributed by atoms with Crippen molar-refractivity contribution in [2.75, 3.05) is 31.9 Å². The first-order valence-electron chi connectivity index (χ1n) is 9.80. The molecule has 0 unspecified atom stereocenters. The van der Waals surface area contributed by atoms with Gasteiger partial charge in [0.15, 0.2) is 5.78 Å². The van der Waals surface area contributed by atoms with Crippen molar-refractivity contribution < 1.29 is 19.5 Å². The molecule has 2 aliphatic heterocycles. The van der Waals surface area contributed by atoms with Gasteiger partial charge in [-0.1, -0.05) is 12.1 Å². The number of anilines is 1. The maximum atomic E-state index is 12.8. The Morgan fingerprint density at radius 2 is 1.93 bits per heavy atom. The number of carboxylic acid groups (broad SMARTS) is 1. The van der Waals surface area contributed by atoms with Crippen LogP contribution in [0, 0.1) is 11.8 Å². The van der Waals surface area contributed by atoms with Gasteiger partial charge in [0.1, 0.15) is 0 Å². The van der Waals surface area contributed by atoms with E-state index in [1.165, 1.54) is 18.2 Å². The summed E-state index contributed by atoms with van der Waals surface area (Å²) < 4.78 is 0. The molecule has 2 heterocycles. The number of amides is 1. The van der Waals surface area contributed by atoms with Crippen LogP contribution in [0.4, 0.5) is 5.69 Å². The molecule has 0 aromatic heterocycles. The summed E-state index contributed by atoms with van der Waals surface area (Å²) in [6.07, 6.45) is 7.22. The van der Waals surface area contributed by atoms with E-state index in [1.807, 2.05) is 6.08 Å². The lowest BCUT2D eigenvalue weighted by molar-refractivity contribution is -0.127. The van der Waals surface area contributed by atoms with Gasteiger partial charge in [0, 0.05) is 30.3 Å². The monoisotopic (exact) mass is 385 g/mol. The van der Waals surface area contributed by atoms with Crippen molar-refractivity contribution in [1.29, 1.82) is 0 Å². The van der Waals surface area contributed by atoms with Gasteiger partial charge in [-0.15, -0.1) is 0 Å². The highest BCUT2D eigenvalue weighted by Gasteiger charge is 2.29. The normalized spacial score (nSPS) is 21.0. The first-order valence-corrected chi connectivity index (χ1v) is 9.80. The summed E-state index contributed by atoms with van der Waals surface area (Å²) in [4.78, 5) is 38.2. The van der Waals surface area contributed by atoms with E-state index in [4.69, 9.17) is 10.8 Å². The lowest BCUT2D eigenvalue weighted by atomic mass is 9.89. The van der Waals surface area contributed by atoms with Crippen LogP contribution >= 0.6 is 0 Å². The fourth-order valence-electron chi connectivity index (χ4n) is 3.90. The zero-order valence-corrected chi connectivity index (χ0v) is 15.9. The van der Waals surface area contributed by atoms with E-state index in [2.05, 4.69) is 5.32 Å². The Hall–Kier alpha value is -2.67. The molecule has 7 nitrogen and oxygen atoms in total. The number of likely N-dealkylation sites (tertiary alicyclic amines) is 1. The van der Waals surface area contributed by atoms with Crippen LogP contribution in [0.5, 0.6) is 0 Å². The third-order valence-electron chi connectivity index (χ3n) is 5.57. The SMILES string of the molecule is Nc1cc(C(=O)[C@@H]2CCCN(C(=O)/C=C/C3CCNCC3)C2)ccc1C(=O)O. The third kappa shape index (κ3) is 4.78. The van der Waals surface area contributed by atoms with E-state index in [0.717, 1.165) is 32.4 Å². The van der Waals surface area contributed by atoms with E-state index in [0.29, 0.717) is 31.0 Å². The fourth-order valence-corrected chi connectivity index (χ4v) is 3.90. The number of carboxylic acids is 1. The number of hydrogen-bond donors (Lipinski definition) is 3. The molecule has 0 bridgehead atoms. The number of nitrogen functional groups attached to an aromatic ring is 1. The number of Topliss-reactive ketones (excluding diaryl/α,β-unsaturated/α-hetero) is 1. The van der Waals surface area contributed by atoms with Crippen molar-refractivity contribution in [2.45, 2.75) is 25.7 Å². The van der Waals surface area contributed by atoms with E-state index in [1.54, 1.807) is 11.0 Å². The molecular weight excluding hydrogens is 358 g/mol. The Labute approximate surface area is 164 Å². The summed E-state index contributed by atoms with van der Waals surface area (Å²) in [5, 5.41) is 12.4. The molecule has 0 spiro atoms. The van der Waals surface area contributed by atoms with E-state index in [-0.39, 0.29) is 28.9 Å². The number of nitrogens with zero attached hydrogens (tertiary/aromatic N) is 1. The van der Waals surface area contributed by atoms with E-state index >= 15 is 0 Å². The highest BCUT2D eigenvalue weighted by atomic mass is 16.4. The average molecular weight is 385 g/mol. The van der Waals surface area contributed by atoms with Crippen molar-refractivity contribution in [3.05, 3.63) is 41.5 Å². The van der Waals surface area contributed by atoms with Gasteiger partial charge in [-0.05, 0) is 62.9 Å². The molecule has 2 fully saturated rings. The zero-order chi connectivity index (χ0) is 20.1. The van der Waals surface area contributed by atoms with Gasteiger partial charge in [-0.25, -0.2) is 4.79 Å². The molecule has 0 saturated carbocycles. The first kappa shape index (κ1) is 20.1. The van der Waals surface area contributed by atoms with Crippen LogP contribution in [0.25, 0.3) is 0 Å². The molecule has 7 heteroatoms. The topological polar surface area (TPSA) is 113 Å². The molecule has 1 aromatic rings. The molecule has 150 valence electrons. The van der Waals surface area contributed by atoms with Crippen molar-refractivity contribution in [1.82, 2.24) is 10.2 Å². The van der Waals surface area contributed by atoms with Gasteiger partial charge in [0.2, 0.25) is 5.91 Å². The molecule has 0 radical (unpaired) electrons. The summed E-state index contributed by atoms with van der Waals surface area (Å²) in [6.45, 7) is 2.99. The number of nitrogens with one attached hydrogen (secondary N) is 1. The first-order chi connectivity index (χ1) is 13.5. The van der Waals surface area contributed by atoms with E-state index < -0.39 is 5.97 Å². The summed E-state index contributed by atoms with van der Waals surface area (Å²) in [5.74, 6) is -1.12. The Morgan fingerprint density at radius 3 is 2.61 bits per heavy atom. The molecule has 1 aromatic carbocycles. The fraction of sp³-hybridized carbons (Fsp3) is 0.476. The Bertz CT molecular complexity index is 784. The van der Waals surface area contributed by atoms with Crippen LogP contribution < -0.4 is 11.1 Å². The molecule has 4 N–H and O–H groups in total. The number of hydrogen-bond acceptors (Lipinski definition) is 5. The second-order valence-electron chi connectivity index (χ2n) is 7.54. The zero-order valence-electron chi connectivity index (χ0n) is 15.9. The molecule has 2 aliphatic rings. The van der Waals surface area contributed by atoms with Crippen molar-refractivity contribution in [2.24, 2.45) is 11.8 Å². The maximum absolute atomic E-state index is 12.8. The number of benzene rings is 1. The Kier molecular flexibility index (Phi) is 6.46. The molecule has 3 rings (SSSR count). The summed E-state index contributed by atoms with van der Waals surface area (Å²) in [5.41, 5.74) is 6.22. The molecule has 1 atom stereocenters. The second-order valence-corrected chi connectivity index (χ2v) is 7.54. The Balaban J connectivity index is 1.63. The number of carbonyl (C=O) groups excluding carboxylic acids is 2. The van der Waals surface area contributed by atoms with Gasteiger partial charge in [0.05, 0.1) is 5.56 Å². The van der Waals surface area contributed by atoms with Crippen molar-refractivity contribution >= 4 is 23.3 Å². The summed E-state index contributed by atoms with van der Waals surface area (Å²) in [6, 6.07) is 4.28. The van der Waals surface area contributed by atoms with Crippen LogP contribution in [0.15, 0.2) is 30.4 Å². The van der Waals surface area contributed by atoms with Crippen LogP contribution in [0.2, 0.25) is 0 Å². The number of carbonyl (C=O) groups is 3. The molecule has 2 saturated heterocycles. The second kappa shape index (κ2) is 9.01. The number of allylic oxidation sites excluding steroid dienone is 1.